The summed E-state index contributed by atoms with van der Waals surface area (Å²) in [6.45, 7) is 2.05. The third kappa shape index (κ3) is 5.60. The number of nitrogens with zero attached hydrogens (tertiary/aromatic N) is 4. The van der Waals surface area contributed by atoms with E-state index in [9.17, 15) is 14.4 Å². The molecule has 2 aromatic heterocycles. The number of morpholine rings is 1. The van der Waals surface area contributed by atoms with Crippen LogP contribution in [0.25, 0.3) is 10.9 Å². The van der Waals surface area contributed by atoms with Crippen LogP contribution in [0.15, 0.2) is 66.9 Å². The molecule has 1 saturated heterocycles. The van der Waals surface area contributed by atoms with Crippen LogP contribution in [0.2, 0.25) is 5.02 Å². The Morgan fingerprint density at radius 1 is 0.946 bits per heavy atom. The molecular weight excluding hydrogens is 496 g/mol. The molecule has 37 heavy (non-hydrogen) atoms. The van der Waals surface area contributed by atoms with Crippen LogP contribution in [0.4, 0.5) is 11.5 Å². The minimum atomic E-state index is -0.429. The van der Waals surface area contributed by atoms with Gasteiger partial charge in [-0.15, -0.1) is 0 Å². The summed E-state index contributed by atoms with van der Waals surface area (Å²) in [4.78, 5) is 44.2. The molecule has 3 heterocycles. The van der Waals surface area contributed by atoms with Crippen LogP contribution >= 0.6 is 11.6 Å². The van der Waals surface area contributed by atoms with Crippen molar-refractivity contribution in [2.24, 2.45) is 0 Å². The van der Waals surface area contributed by atoms with E-state index in [4.69, 9.17) is 16.3 Å². The molecule has 0 radical (unpaired) electrons. The number of ether oxygens (including phenoxy) is 1. The van der Waals surface area contributed by atoms with Crippen molar-refractivity contribution in [2.75, 3.05) is 36.9 Å². The van der Waals surface area contributed by atoms with Gasteiger partial charge in [-0.2, -0.15) is 5.10 Å². The van der Waals surface area contributed by atoms with E-state index in [-0.39, 0.29) is 24.1 Å². The molecule has 2 aromatic carbocycles. The summed E-state index contributed by atoms with van der Waals surface area (Å²) in [5.41, 5.74) is 1.88. The zero-order valence-corrected chi connectivity index (χ0v) is 20.4. The predicted octanol–water partition coefficient (Wildman–Crippen LogP) is 3.45. The highest BCUT2D eigenvalue weighted by atomic mass is 35.5. The van der Waals surface area contributed by atoms with Crippen LogP contribution in [0.3, 0.4) is 0 Å². The van der Waals surface area contributed by atoms with Crippen molar-refractivity contribution in [1.29, 1.82) is 0 Å². The molecule has 10 nitrogen and oxygen atoms in total. The standard InChI is InChI=1S/C26H23ClN6O4/c27-18-7-10-22(28-15-18)30-23(34)16-33-21-4-2-1-3-20(21)24(31-33)25(35)29-19-8-5-17(6-9-19)26(36)32-11-13-37-14-12-32/h1-10,15H,11-14,16H2,(H,29,35)(H,28,30,34). The van der Waals surface area contributed by atoms with Gasteiger partial charge in [-0.1, -0.05) is 29.8 Å². The molecular formula is C26H23ClN6O4. The van der Waals surface area contributed by atoms with Gasteiger partial charge in [0.25, 0.3) is 11.8 Å². The van der Waals surface area contributed by atoms with E-state index < -0.39 is 5.91 Å². The second kappa shape index (κ2) is 10.8. The van der Waals surface area contributed by atoms with E-state index in [2.05, 4.69) is 20.7 Å². The average molecular weight is 519 g/mol. The van der Waals surface area contributed by atoms with E-state index in [0.29, 0.717) is 59.3 Å². The number of rotatable bonds is 6. The molecule has 0 saturated carbocycles. The van der Waals surface area contributed by atoms with Gasteiger partial charge in [-0.3, -0.25) is 19.1 Å². The first-order valence-electron chi connectivity index (χ1n) is 11.6. The van der Waals surface area contributed by atoms with Gasteiger partial charge in [0.2, 0.25) is 5.91 Å². The summed E-state index contributed by atoms with van der Waals surface area (Å²) in [6.07, 6.45) is 1.44. The molecule has 11 heteroatoms. The Morgan fingerprint density at radius 3 is 2.43 bits per heavy atom. The van der Waals surface area contributed by atoms with Crippen molar-refractivity contribution < 1.29 is 19.1 Å². The van der Waals surface area contributed by atoms with E-state index in [1.54, 1.807) is 59.5 Å². The quantitative estimate of drug-likeness (QED) is 0.403. The largest absolute Gasteiger partial charge is 0.378 e. The van der Waals surface area contributed by atoms with Crippen molar-refractivity contribution in [3.8, 4) is 0 Å². The number of fused-ring (bicyclic) bond motifs is 1. The number of hydrogen-bond donors (Lipinski definition) is 2. The zero-order chi connectivity index (χ0) is 25.8. The van der Waals surface area contributed by atoms with Crippen molar-refractivity contribution in [1.82, 2.24) is 19.7 Å². The first-order valence-corrected chi connectivity index (χ1v) is 12.0. The van der Waals surface area contributed by atoms with Gasteiger partial charge >= 0.3 is 0 Å². The number of amides is 3. The van der Waals surface area contributed by atoms with Crippen molar-refractivity contribution >= 4 is 51.7 Å². The second-order valence-electron chi connectivity index (χ2n) is 8.37. The molecule has 0 aliphatic carbocycles. The molecule has 1 aliphatic rings. The highest BCUT2D eigenvalue weighted by molar-refractivity contribution is 6.30. The number of carbonyl (C=O) groups is 3. The predicted molar refractivity (Wildman–Crippen MR) is 139 cm³/mol. The topological polar surface area (TPSA) is 118 Å². The number of halogens is 1. The summed E-state index contributed by atoms with van der Waals surface area (Å²) in [5.74, 6) is -0.491. The molecule has 188 valence electrons. The zero-order valence-electron chi connectivity index (χ0n) is 19.7. The molecule has 1 aliphatic heterocycles. The smallest absolute Gasteiger partial charge is 0.276 e. The van der Waals surface area contributed by atoms with Gasteiger partial charge in [0.05, 0.1) is 23.8 Å². The summed E-state index contributed by atoms with van der Waals surface area (Å²) >= 11 is 5.84. The summed E-state index contributed by atoms with van der Waals surface area (Å²) < 4.78 is 6.77. The molecule has 0 spiro atoms. The fourth-order valence-electron chi connectivity index (χ4n) is 4.02. The molecule has 3 amide bonds. The fourth-order valence-corrected chi connectivity index (χ4v) is 4.13. The van der Waals surface area contributed by atoms with Gasteiger partial charge in [0.15, 0.2) is 5.69 Å². The first kappa shape index (κ1) is 24.4. The third-order valence-electron chi connectivity index (χ3n) is 5.85. The summed E-state index contributed by atoms with van der Waals surface area (Å²) in [6, 6.07) is 17.1. The van der Waals surface area contributed by atoms with Crippen molar-refractivity contribution in [3.05, 3.63) is 83.1 Å². The van der Waals surface area contributed by atoms with Gasteiger partial charge in [0, 0.05) is 35.9 Å². The molecule has 1 fully saturated rings. The summed E-state index contributed by atoms with van der Waals surface area (Å²) in [7, 11) is 0. The van der Waals surface area contributed by atoms with Crippen molar-refractivity contribution in [2.45, 2.75) is 6.54 Å². The van der Waals surface area contributed by atoms with Crippen LogP contribution < -0.4 is 10.6 Å². The number of aromatic nitrogens is 3. The van der Waals surface area contributed by atoms with Gasteiger partial charge < -0.3 is 20.3 Å². The Hall–Kier alpha value is -4.28. The Kier molecular flexibility index (Phi) is 7.11. The lowest BCUT2D eigenvalue weighted by atomic mass is 10.1. The Balaban J connectivity index is 1.29. The average Bonchev–Trinajstić information content (AvgIpc) is 3.29. The Bertz CT molecular complexity index is 1450. The van der Waals surface area contributed by atoms with Gasteiger partial charge in [0.1, 0.15) is 12.4 Å². The van der Waals surface area contributed by atoms with Gasteiger partial charge in [-0.05, 0) is 42.5 Å². The minimum absolute atomic E-state index is 0.0713. The maximum absolute atomic E-state index is 13.1. The number of para-hydroxylation sites is 1. The van der Waals surface area contributed by atoms with E-state index >= 15 is 0 Å². The van der Waals surface area contributed by atoms with Crippen LogP contribution in [-0.4, -0.2) is 63.7 Å². The number of pyridine rings is 1. The number of benzene rings is 2. The number of nitrogens with one attached hydrogen (secondary N) is 2. The Labute approximate surface area is 217 Å². The Morgan fingerprint density at radius 2 is 1.70 bits per heavy atom. The molecule has 0 unspecified atom stereocenters. The number of hydrogen-bond acceptors (Lipinski definition) is 6. The van der Waals surface area contributed by atoms with Crippen molar-refractivity contribution in [3.63, 3.8) is 0 Å². The molecule has 0 atom stereocenters. The monoisotopic (exact) mass is 518 g/mol. The minimum Gasteiger partial charge on any atom is -0.378 e. The van der Waals surface area contributed by atoms with Crippen LogP contribution in [0.5, 0.6) is 0 Å². The molecule has 4 aromatic rings. The lowest BCUT2D eigenvalue weighted by molar-refractivity contribution is -0.116. The summed E-state index contributed by atoms with van der Waals surface area (Å²) in [5, 5.41) is 11.0. The SMILES string of the molecule is O=C(Cn1nc(C(=O)Nc2ccc(C(=O)N3CCOCC3)cc2)c2ccccc21)Nc1ccc(Cl)cn1. The first-order chi connectivity index (χ1) is 18.0. The lowest BCUT2D eigenvalue weighted by Gasteiger charge is -2.26. The maximum Gasteiger partial charge on any atom is 0.276 e. The number of carbonyl (C=O) groups excluding carboxylic acids is 3. The maximum atomic E-state index is 13.1. The normalized spacial score (nSPS) is 13.4. The van der Waals surface area contributed by atoms with E-state index in [0.717, 1.165) is 0 Å². The highest BCUT2D eigenvalue weighted by Crippen LogP contribution is 2.21. The van der Waals surface area contributed by atoms with E-state index in [1.807, 2.05) is 6.07 Å². The highest BCUT2D eigenvalue weighted by Gasteiger charge is 2.20. The molecule has 0 bridgehead atoms. The molecule has 5 rings (SSSR count). The lowest BCUT2D eigenvalue weighted by Crippen LogP contribution is -2.40. The second-order valence-corrected chi connectivity index (χ2v) is 8.81. The number of anilines is 2. The van der Waals surface area contributed by atoms with Crippen LogP contribution in [0.1, 0.15) is 20.8 Å². The van der Waals surface area contributed by atoms with Crippen LogP contribution in [-0.2, 0) is 16.1 Å². The van der Waals surface area contributed by atoms with E-state index in [1.165, 1.54) is 10.9 Å². The van der Waals surface area contributed by atoms with Gasteiger partial charge in [-0.25, -0.2) is 4.98 Å². The van der Waals surface area contributed by atoms with Crippen LogP contribution in [0, 0.1) is 0 Å². The third-order valence-corrected chi connectivity index (χ3v) is 6.07. The molecule has 2 N–H and O–H groups in total. The fraction of sp³-hybridized carbons (Fsp3) is 0.192.